The van der Waals surface area contributed by atoms with Gasteiger partial charge in [-0.2, -0.15) is 52.7 Å². The molecule has 238 valence electrons. The van der Waals surface area contributed by atoms with Gasteiger partial charge in [-0.1, -0.05) is 6.92 Å². The number of hydrogen-bond donors (Lipinski definition) is 0. The molecule has 0 aromatic heterocycles. The zero-order valence-corrected chi connectivity index (χ0v) is 22.0. The van der Waals surface area contributed by atoms with Crippen LogP contribution in [-0.4, -0.2) is 75.9 Å². The van der Waals surface area contributed by atoms with E-state index in [1.807, 2.05) is 0 Å². The lowest BCUT2D eigenvalue weighted by atomic mass is 9.68. The maximum absolute atomic E-state index is 14.1. The van der Waals surface area contributed by atoms with E-state index in [0.29, 0.717) is 6.42 Å². The summed E-state index contributed by atoms with van der Waals surface area (Å²) in [5, 5.41) is 0. The van der Waals surface area contributed by atoms with Gasteiger partial charge in [-0.05, 0) is 62.7 Å². The summed E-state index contributed by atoms with van der Waals surface area (Å²) in [7, 11) is 1.50. The van der Waals surface area contributed by atoms with Gasteiger partial charge in [0.05, 0.1) is 12.2 Å². The maximum atomic E-state index is 14.1. The molecule has 6 unspecified atom stereocenters. The Morgan fingerprint density at radius 2 is 1.05 bits per heavy atom. The van der Waals surface area contributed by atoms with E-state index in [-0.39, 0.29) is 12.8 Å². The number of halogens is 12. The van der Waals surface area contributed by atoms with E-state index >= 15 is 0 Å². The highest BCUT2D eigenvalue weighted by Crippen LogP contribution is 2.63. The van der Waals surface area contributed by atoms with Crippen LogP contribution in [0.1, 0.15) is 46.0 Å². The second-order valence-corrected chi connectivity index (χ2v) is 10.3. The minimum absolute atomic E-state index is 0.143. The van der Waals surface area contributed by atoms with Gasteiger partial charge in [0.2, 0.25) is 0 Å². The molecule has 2 saturated carbocycles. The van der Waals surface area contributed by atoms with Gasteiger partial charge in [-0.25, -0.2) is 0 Å². The van der Waals surface area contributed by atoms with Crippen LogP contribution in [0.25, 0.3) is 0 Å². The molecule has 2 aliphatic carbocycles. The predicted octanol–water partition coefficient (Wildman–Crippen LogP) is 7.19. The zero-order chi connectivity index (χ0) is 30.9. The van der Waals surface area contributed by atoms with E-state index in [2.05, 4.69) is 18.9 Å². The monoisotopic (exact) mass is 616 g/mol. The Morgan fingerprint density at radius 1 is 0.650 bits per heavy atom. The molecule has 5 nitrogen and oxygen atoms in total. The van der Waals surface area contributed by atoms with Crippen molar-refractivity contribution in [3.63, 3.8) is 0 Å². The normalized spacial score (nSPS) is 27.4. The van der Waals surface area contributed by atoms with Crippen molar-refractivity contribution in [1.29, 1.82) is 0 Å². The van der Waals surface area contributed by atoms with E-state index in [4.69, 9.17) is 4.74 Å². The van der Waals surface area contributed by atoms with Crippen molar-refractivity contribution in [1.82, 2.24) is 0 Å². The fourth-order valence-corrected chi connectivity index (χ4v) is 5.92. The first-order valence-electron chi connectivity index (χ1n) is 12.3. The van der Waals surface area contributed by atoms with Crippen molar-refractivity contribution in [2.45, 2.75) is 94.1 Å². The molecule has 6 atom stereocenters. The summed E-state index contributed by atoms with van der Waals surface area (Å²) in [5.41, 5.74) is -9.85. The van der Waals surface area contributed by atoms with Crippen molar-refractivity contribution < 1.29 is 76.4 Å². The molecule has 2 fully saturated rings. The summed E-state index contributed by atoms with van der Waals surface area (Å²) >= 11 is 0. The van der Waals surface area contributed by atoms with Crippen LogP contribution < -0.4 is 0 Å². The lowest BCUT2D eigenvalue weighted by Gasteiger charge is -2.46. The van der Waals surface area contributed by atoms with Crippen molar-refractivity contribution >= 4 is 0 Å². The Balaban J connectivity index is 2.68. The van der Waals surface area contributed by atoms with Crippen LogP contribution >= 0.6 is 0 Å². The first kappa shape index (κ1) is 35.2. The Kier molecular flexibility index (Phi) is 10.8. The topological polar surface area (TPSA) is 46.2 Å². The van der Waals surface area contributed by atoms with Gasteiger partial charge < -0.3 is 23.7 Å². The number of rotatable bonds is 13. The molecule has 40 heavy (non-hydrogen) atoms. The minimum Gasteiger partial charge on any atom is -0.375 e. The van der Waals surface area contributed by atoms with E-state index in [0.717, 1.165) is 14.2 Å². The fraction of sp³-hybridized carbons (Fsp3) is 1.00. The van der Waals surface area contributed by atoms with Crippen LogP contribution in [0.15, 0.2) is 0 Å². The number of fused-ring (bicyclic) bond motifs is 2. The molecule has 0 saturated heterocycles. The zero-order valence-electron chi connectivity index (χ0n) is 22.0. The molecule has 0 amide bonds. The second-order valence-electron chi connectivity index (χ2n) is 10.3. The van der Waals surface area contributed by atoms with Gasteiger partial charge in [-0.15, -0.1) is 0 Å². The molecule has 0 spiro atoms. The van der Waals surface area contributed by atoms with Crippen molar-refractivity contribution in [3.05, 3.63) is 0 Å². The third-order valence-corrected chi connectivity index (χ3v) is 8.00. The summed E-state index contributed by atoms with van der Waals surface area (Å²) in [5.74, 6) is -6.21. The van der Waals surface area contributed by atoms with Gasteiger partial charge in [0.25, 0.3) is 11.2 Å². The molecular weight excluding hydrogens is 584 g/mol. The fourth-order valence-electron chi connectivity index (χ4n) is 5.92. The first-order chi connectivity index (χ1) is 18.1. The van der Waals surface area contributed by atoms with Crippen LogP contribution in [0.4, 0.5) is 52.7 Å². The lowest BCUT2D eigenvalue weighted by Crippen LogP contribution is -2.63. The highest BCUT2D eigenvalue weighted by molar-refractivity contribution is 5.10. The van der Waals surface area contributed by atoms with Gasteiger partial charge in [0.15, 0.2) is 0 Å². The average Bonchev–Trinajstić information content (AvgIpc) is 3.33. The number of hydrogen-bond acceptors (Lipinski definition) is 5. The third-order valence-electron chi connectivity index (χ3n) is 8.00. The highest BCUT2D eigenvalue weighted by atomic mass is 19.4. The van der Waals surface area contributed by atoms with Crippen LogP contribution in [-0.2, 0) is 23.7 Å². The Hall–Kier alpha value is -1.04. The summed E-state index contributed by atoms with van der Waals surface area (Å²) in [6.45, 7) is 0.273. The van der Waals surface area contributed by atoms with Crippen LogP contribution in [0.5, 0.6) is 0 Å². The third kappa shape index (κ3) is 6.62. The van der Waals surface area contributed by atoms with E-state index in [9.17, 15) is 52.7 Å². The molecule has 2 aliphatic rings. The molecule has 0 N–H and O–H groups in total. The maximum Gasteiger partial charge on any atom is 0.426 e. The number of ether oxygens (including phenoxy) is 5. The minimum atomic E-state index is -6.15. The van der Waals surface area contributed by atoms with E-state index in [1.165, 1.54) is 0 Å². The summed E-state index contributed by atoms with van der Waals surface area (Å²) in [6, 6.07) is 0. The Labute approximate surface area is 222 Å². The molecule has 0 aromatic carbocycles. The standard InChI is InChI=1S/C23H32F12O5/c1-5-12(2)40-17-7-13-6-14(17)16(9-19(22(30,31)32,23(33,34)35)39-11-37-4)15(13)8-18(20(24,25)26,21(27,28)29)38-10-36-3/h12-17H,5-11H2,1-4H3. The van der Waals surface area contributed by atoms with E-state index in [1.54, 1.807) is 13.8 Å². The van der Waals surface area contributed by atoms with Crippen LogP contribution in [0.2, 0.25) is 0 Å². The SMILES string of the molecule is CCC(C)OC1CC2CC1C(CC(OCOC)(C(F)(F)F)C(F)(F)F)C2CC(OCOC)(C(F)(F)F)C(F)(F)F. The molecular formula is C23H32F12O5. The average molecular weight is 616 g/mol. The quantitative estimate of drug-likeness (QED) is 0.162. The van der Waals surface area contributed by atoms with Gasteiger partial charge in [0.1, 0.15) is 13.6 Å². The lowest BCUT2D eigenvalue weighted by molar-refractivity contribution is -0.404. The van der Waals surface area contributed by atoms with Crippen molar-refractivity contribution in [3.8, 4) is 0 Å². The molecule has 0 radical (unpaired) electrons. The highest BCUT2D eigenvalue weighted by Gasteiger charge is 2.77. The van der Waals surface area contributed by atoms with Crippen molar-refractivity contribution in [2.75, 3.05) is 27.8 Å². The molecule has 17 heteroatoms. The van der Waals surface area contributed by atoms with Crippen LogP contribution in [0, 0.1) is 23.7 Å². The largest absolute Gasteiger partial charge is 0.426 e. The summed E-state index contributed by atoms with van der Waals surface area (Å²) < 4.78 is 192. The summed E-state index contributed by atoms with van der Waals surface area (Å²) in [6.07, 6.45) is -30.0. The molecule has 0 heterocycles. The summed E-state index contributed by atoms with van der Waals surface area (Å²) in [4.78, 5) is 0. The predicted molar refractivity (Wildman–Crippen MR) is 113 cm³/mol. The molecule has 2 rings (SSSR count). The first-order valence-corrected chi connectivity index (χ1v) is 12.3. The Bertz CT molecular complexity index is 782. The van der Waals surface area contributed by atoms with Gasteiger partial charge >= 0.3 is 24.7 Å². The molecule has 2 bridgehead atoms. The smallest absolute Gasteiger partial charge is 0.375 e. The molecule has 0 aromatic rings. The van der Waals surface area contributed by atoms with Crippen LogP contribution in [0.3, 0.4) is 0 Å². The molecule has 0 aliphatic heterocycles. The van der Waals surface area contributed by atoms with Gasteiger partial charge in [-0.3, -0.25) is 0 Å². The second kappa shape index (κ2) is 12.3. The van der Waals surface area contributed by atoms with Gasteiger partial charge in [0, 0.05) is 14.2 Å². The van der Waals surface area contributed by atoms with E-state index < -0.39 is 98.2 Å². The number of alkyl halides is 12. The van der Waals surface area contributed by atoms with Crippen molar-refractivity contribution in [2.24, 2.45) is 23.7 Å². The Morgan fingerprint density at radius 3 is 1.40 bits per heavy atom. The number of methoxy groups -OCH3 is 2.